The van der Waals surface area contributed by atoms with Crippen LogP contribution in [0, 0.1) is 6.92 Å². The van der Waals surface area contributed by atoms with Crippen LogP contribution in [0.15, 0.2) is 16.6 Å². The third-order valence-electron chi connectivity index (χ3n) is 3.57. The number of fused-ring (bicyclic) bond motifs is 1. The maximum atomic E-state index is 6.26. The molecule has 1 saturated heterocycles. The van der Waals surface area contributed by atoms with Gasteiger partial charge in [-0.25, -0.2) is 4.98 Å². The molecule has 0 aromatic carbocycles. The van der Waals surface area contributed by atoms with Crippen LogP contribution in [0.25, 0.3) is 5.65 Å². The quantitative estimate of drug-likeness (QED) is 0.881. The highest BCUT2D eigenvalue weighted by molar-refractivity contribution is 9.10. The van der Waals surface area contributed by atoms with Gasteiger partial charge >= 0.3 is 0 Å². The van der Waals surface area contributed by atoms with E-state index in [4.69, 9.17) is 10.5 Å². The predicted octanol–water partition coefficient (Wildman–Crippen LogP) is 2.88. The van der Waals surface area contributed by atoms with Gasteiger partial charge in [-0.15, -0.1) is 0 Å². The summed E-state index contributed by atoms with van der Waals surface area (Å²) in [6.07, 6.45) is 2.19. The van der Waals surface area contributed by atoms with Crippen molar-refractivity contribution in [2.45, 2.75) is 25.7 Å². The summed E-state index contributed by atoms with van der Waals surface area (Å²) in [5.74, 6) is 1.08. The van der Waals surface area contributed by atoms with Gasteiger partial charge in [-0.1, -0.05) is 0 Å². The zero-order chi connectivity index (χ0) is 12.7. The zero-order valence-corrected chi connectivity index (χ0v) is 11.9. The van der Waals surface area contributed by atoms with E-state index in [9.17, 15) is 0 Å². The second-order valence-electron chi connectivity index (χ2n) is 4.76. The standard InChI is InChI=1S/C13H16BrN3O/c1-8-10(14)4-5-11-16-12(13(15)17(8)11)9-3-2-6-18-7-9/h4-5,9H,2-3,6-7,15H2,1H3. The predicted molar refractivity (Wildman–Crippen MR) is 74.8 cm³/mol. The lowest BCUT2D eigenvalue weighted by atomic mass is 9.99. The van der Waals surface area contributed by atoms with Crippen molar-refractivity contribution in [1.82, 2.24) is 9.38 Å². The Morgan fingerprint density at radius 1 is 1.50 bits per heavy atom. The number of hydrogen-bond donors (Lipinski definition) is 1. The fourth-order valence-electron chi connectivity index (χ4n) is 2.56. The highest BCUT2D eigenvalue weighted by Gasteiger charge is 2.23. The number of ether oxygens (including phenoxy) is 1. The zero-order valence-electron chi connectivity index (χ0n) is 10.3. The molecule has 1 aliphatic heterocycles. The summed E-state index contributed by atoms with van der Waals surface area (Å²) >= 11 is 3.53. The number of pyridine rings is 1. The fourth-order valence-corrected chi connectivity index (χ4v) is 2.87. The molecule has 0 aliphatic carbocycles. The molecule has 1 fully saturated rings. The van der Waals surface area contributed by atoms with Crippen LogP contribution in [-0.4, -0.2) is 22.6 Å². The number of nitrogens with zero attached hydrogens (tertiary/aromatic N) is 2. The van der Waals surface area contributed by atoms with E-state index in [0.29, 0.717) is 5.92 Å². The third-order valence-corrected chi connectivity index (χ3v) is 4.41. The van der Waals surface area contributed by atoms with E-state index in [1.807, 2.05) is 23.5 Å². The number of aromatic nitrogens is 2. The highest BCUT2D eigenvalue weighted by atomic mass is 79.9. The van der Waals surface area contributed by atoms with Crippen molar-refractivity contribution >= 4 is 27.4 Å². The van der Waals surface area contributed by atoms with E-state index in [1.165, 1.54) is 0 Å². The highest BCUT2D eigenvalue weighted by Crippen LogP contribution is 2.31. The summed E-state index contributed by atoms with van der Waals surface area (Å²) < 4.78 is 8.58. The van der Waals surface area contributed by atoms with Gasteiger partial charge < -0.3 is 10.5 Å². The first kappa shape index (κ1) is 12.0. The normalized spacial score (nSPS) is 20.4. The number of rotatable bonds is 1. The van der Waals surface area contributed by atoms with Crippen LogP contribution in [0.5, 0.6) is 0 Å². The van der Waals surface area contributed by atoms with Crippen molar-refractivity contribution in [3.05, 3.63) is 28.0 Å². The van der Waals surface area contributed by atoms with Crippen molar-refractivity contribution in [1.29, 1.82) is 0 Å². The molecule has 0 radical (unpaired) electrons. The Morgan fingerprint density at radius 3 is 3.06 bits per heavy atom. The number of aryl methyl sites for hydroxylation is 1. The molecule has 0 bridgehead atoms. The maximum absolute atomic E-state index is 6.26. The summed E-state index contributed by atoms with van der Waals surface area (Å²) in [6, 6.07) is 4.00. The Morgan fingerprint density at radius 2 is 2.33 bits per heavy atom. The van der Waals surface area contributed by atoms with E-state index in [0.717, 1.165) is 53.4 Å². The largest absolute Gasteiger partial charge is 0.383 e. The van der Waals surface area contributed by atoms with Crippen LogP contribution in [0.2, 0.25) is 0 Å². The molecule has 1 aliphatic rings. The smallest absolute Gasteiger partial charge is 0.138 e. The van der Waals surface area contributed by atoms with Gasteiger partial charge in [-0.3, -0.25) is 4.40 Å². The van der Waals surface area contributed by atoms with E-state index in [-0.39, 0.29) is 0 Å². The van der Waals surface area contributed by atoms with Gasteiger partial charge in [0.25, 0.3) is 0 Å². The van der Waals surface area contributed by atoms with Gasteiger partial charge in [0.2, 0.25) is 0 Å². The summed E-state index contributed by atoms with van der Waals surface area (Å²) in [5, 5.41) is 0. The van der Waals surface area contributed by atoms with Crippen molar-refractivity contribution in [2.75, 3.05) is 18.9 Å². The molecule has 1 unspecified atom stereocenters. The minimum absolute atomic E-state index is 0.330. The Bertz CT molecular complexity index is 587. The first-order valence-electron chi connectivity index (χ1n) is 6.19. The van der Waals surface area contributed by atoms with E-state index in [1.54, 1.807) is 0 Å². The molecule has 1 atom stereocenters. The lowest BCUT2D eigenvalue weighted by molar-refractivity contribution is 0.0796. The molecule has 96 valence electrons. The van der Waals surface area contributed by atoms with Crippen molar-refractivity contribution in [2.24, 2.45) is 0 Å². The van der Waals surface area contributed by atoms with Crippen LogP contribution < -0.4 is 5.73 Å². The Labute approximate surface area is 114 Å². The molecule has 2 N–H and O–H groups in total. The van der Waals surface area contributed by atoms with Gasteiger partial charge in [0.15, 0.2) is 0 Å². The molecular formula is C13H16BrN3O. The number of anilines is 1. The van der Waals surface area contributed by atoms with E-state index >= 15 is 0 Å². The molecule has 0 spiro atoms. The number of nitrogen functional groups attached to an aromatic ring is 1. The van der Waals surface area contributed by atoms with Crippen LogP contribution in [0.4, 0.5) is 5.82 Å². The van der Waals surface area contributed by atoms with E-state index < -0.39 is 0 Å². The number of hydrogen-bond acceptors (Lipinski definition) is 3. The van der Waals surface area contributed by atoms with Crippen molar-refractivity contribution in [3.8, 4) is 0 Å². The molecule has 2 aromatic rings. The van der Waals surface area contributed by atoms with Crippen LogP contribution in [0.1, 0.15) is 30.1 Å². The number of nitrogens with two attached hydrogens (primary N) is 1. The SMILES string of the molecule is Cc1c(Br)ccc2nc(C3CCCOC3)c(N)n12. The molecule has 0 amide bonds. The Balaban J connectivity index is 2.13. The minimum atomic E-state index is 0.330. The van der Waals surface area contributed by atoms with Gasteiger partial charge in [-0.05, 0) is 47.8 Å². The summed E-state index contributed by atoms with van der Waals surface area (Å²) in [6.45, 7) is 3.62. The molecule has 5 heteroatoms. The fraction of sp³-hybridized carbons (Fsp3) is 0.462. The number of imidazole rings is 1. The molecule has 18 heavy (non-hydrogen) atoms. The number of halogens is 1. The lowest BCUT2D eigenvalue weighted by Crippen LogP contribution is -2.17. The maximum Gasteiger partial charge on any atom is 0.138 e. The van der Waals surface area contributed by atoms with Crippen LogP contribution in [0.3, 0.4) is 0 Å². The first-order chi connectivity index (χ1) is 8.68. The summed E-state index contributed by atoms with van der Waals surface area (Å²) in [5.41, 5.74) is 9.24. The molecule has 3 rings (SSSR count). The van der Waals surface area contributed by atoms with Crippen LogP contribution >= 0.6 is 15.9 Å². The van der Waals surface area contributed by atoms with E-state index in [2.05, 4.69) is 20.9 Å². The van der Waals surface area contributed by atoms with Crippen molar-refractivity contribution < 1.29 is 4.74 Å². The average molecular weight is 310 g/mol. The third kappa shape index (κ3) is 1.82. The molecule has 4 nitrogen and oxygen atoms in total. The van der Waals surface area contributed by atoms with Crippen LogP contribution in [-0.2, 0) is 4.74 Å². The Hall–Kier alpha value is -1.07. The second-order valence-corrected chi connectivity index (χ2v) is 5.61. The monoisotopic (exact) mass is 309 g/mol. The average Bonchev–Trinajstić information content (AvgIpc) is 2.73. The summed E-state index contributed by atoms with van der Waals surface area (Å²) in [7, 11) is 0. The minimum Gasteiger partial charge on any atom is -0.383 e. The molecular weight excluding hydrogens is 294 g/mol. The van der Waals surface area contributed by atoms with Crippen molar-refractivity contribution in [3.63, 3.8) is 0 Å². The van der Waals surface area contributed by atoms with Gasteiger partial charge in [0.05, 0.1) is 12.3 Å². The first-order valence-corrected chi connectivity index (χ1v) is 6.98. The van der Waals surface area contributed by atoms with Gasteiger partial charge in [0.1, 0.15) is 11.5 Å². The molecule has 2 aromatic heterocycles. The topological polar surface area (TPSA) is 52.5 Å². The molecule has 3 heterocycles. The summed E-state index contributed by atoms with van der Waals surface area (Å²) in [4.78, 5) is 4.68. The molecule has 0 saturated carbocycles. The lowest BCUT2D eigenvalue weighted by Gasteiger charge is -2.20. The second kappa shape index (κ2) is 4.55. The van der Waals surface area contributed by atoms with Gasteiger partial charge in [0, 0.05) is 22.7 Å². The van der Waals surface area contributed by atoms with Gasteiger partial charge in [-0.2, -0.15) is 0 Å². The Kier molecular flexibility index (Phi) is 3.03.